The number of carbonyl (C=O) groups is 3. The van der Waals surface area contributed by atoms with Crippen molar-refractivity contribution < 1.29 is 42.3 Å². The van der Waals surface area contributed by atoms with Crippen molar-refractivity contribution in [1.82, 2.24) is 0 Å². The summed E-state index contributed by atoms with van der Waals surface area (Å²) in [4.78, 5) is 35.1. The van der Waals surface area contributed by atoms with Crippen LogP contribution >= 0.6 is 0 Å². The maximum Gasteiger partial charge on any atom is 0.304 e. The van der Waals surface area contributed by atoms with Gasteiger partial charge in [-0.2, -0.15) is 4.57 Å². The van der Waals surface area contributed by atoms with Gasteiger partial charge in [0.15, 0.2) is 32.6 Å². The molecule has 1 aliphatic rings. The smallest absolute Gasteiger partial charge is 0.304 e. The molecule has 0 N–H and O–H groups in total. The van der Waals surface area contributed by atoms with Crippen molar-refractivity contribution in [2.45, 2.75) is 84.6 Å². The first kappa shape index (κ1) is 28.7. The predicted molar refractivity (Wildman–Crippen MR) is 133 cm³/mol. The van der Waals surface area contributed by atoms with Crippen LogP contribution in [0.1, 0.15) is 32.6 Å². The van der Waals surface area contributed by atoms with Gasteiger partial charge >= 0.3 is 24.1 Å². The molecule has 2 unspecified atom stereocenters. The first-order valence-electron chi connectivity index (χ1n) is 11.5. The largest absolute Gasteiger partial charge is 0.532 e. The molecule has 0 saturated carbocycles. The first-order chi connectivity index (χ1) is 16.1. The summed E-state index contributed by atoms with van der Waals surface area (Å²) < 4.78 is 35.2. The Kier molecular flexibility index (Phi) is 9.37. The zero-order valence-electron chi connectivity index (χ0n) is 22.0. The average Bonchev–Trinajstić information content (AvgIpc) is 3.00. The van der Waals surface area contributed by atoms with E-state index in [1.807, 2.05) is 12.1 Å². The van der Waals surface area contributed by atoms with Crippen LogP contribution in [0.25, 0.3) is 0 Å². The van der Waals surface area contributed by atoms with Gasteiger partial charge in [0.05, 0.1) is 5.56 Å². The lowest BCUT2D eigenvalue weighted by Gasteiger charge is -2.23. The summed E-state index contributed by atoms with van der Waals surface area (Å²) in [5, 5.41) is 0. The van der Waals surface area contributed by atoms with Crippen LogP contribution < -0.4 is 4.57 Å². The number of rotatable bonds is 8. The van der Waals surface area contributed by atoms with Crippen LogP contribution in [0.15, 0.2) is 29.2 Å². The van der Waals surface area contributed by atoms with Crippen LogP contribution in [0.3, 0.4) is 0 Å². The Morgan fingerprint density at radius 2 is 1.57 bits per heavy atom. The molecule has 0 amide bonds. The fourth-order valence-electron chi connectivity index (χ4n) is 3.45. The SMILES string of the molecule is CC(=O)OC[C@H]1O[C@@H]([n+]2cccc(C(=N[Si](C)(C)C)O[Si](C)(C)C)c2)C(OC(C)=O)C1OC(C)=O. The van der Waals surface area contributed by atoms with E-state index >= 15 is 0 Å². The third-order valence-corrected chi connectivity index (χ3v) is 6.22. The highest BCUT2D eigenvalue weighted by Gasteiger charge is 2.54. The molecule has 2 heterocycles. The quantitative estimate of drug-likeness (QED) is 0.127. The molecule has 12 heteroatoms. The summed E-state index contributed by atoms with van der Waals surface area (Å²) in [5.41, 5.74) is 0.745. The van der Waals surface area contributed by atoms with Gasteiger partial charge in [-0.25, -0.2) is 0 Å². The van der Waals surface area contributed by atoms with Crippen LogP contribution in [0, 0.1) is 0 Å². The van der Waals surface area contributed by atoms with Gasteiger partial charge in [0.25, 0.3) is 0 Å². The fourth-order valence-corrected chi connectivity index (χ4v) is 5.07. The lowest BCUT2D eigenvalue weighted by atomic mass is 10.1. The Morgan fingerprint density at radius 1 is 0.971 bits per heavy atom. The highest BCUT2D eigenvalue weighted by Crippen LogP contribution is 2.31. The molecule has 10 nitrogen and oxygen atoms in total. The zero-order chi connectivity index (χ0) is 26.6. The van der Waals surface area contributed by atoms with Crippen LogP contribution in [-0.2, 0) is 37.8 Å². The van der Waals surface area contributed by atoms with Gasteiger partial charge in [0.1, 0.15) is 12.7 Å². The number of pyridine rings is 1. The number of esters is 3. The van der Waals surface area contributed by atoms with Crippen molar-refractivity contribution in [1.29, 1.82) is 0 Å². The van der Waals surface area contributed by atoms with Gasteiger partial charge in [-0.15, -0.1) is 0 Å². The van der Waals surface area contributed by atoms with Crippen molar-refractivity contribution >= 4 is 40.4 Å². The molecular formula is C23H37N2O8Si2+. The van der Waals surface area contributed by atoms with E-state index in [4.69, 9.17) is 28.0 Å². The Bertz CT molecular complexity index is 971. The van der Waals surface area contributed by atoms with Crippen LogP contribution in [0.2, 0.25) is 39.3 Å². The van der Waals surface area contributed by atoms with Crippen LogP contribution in [0.4, 0.5) is 0 Å². The predicted octanol–water partition coefficient (Wildman–Crippen LogP) is 2.73. The van der Waals surface area contributed by atoms with Gasteiger partial charge in [-0.3, -0.25) is 19.0 Å². The molecule has 1 aromatic heterocycles. The Hall–Kier alpha value is -2.58. The first-order valence-corrected chi connectivity index (χ1v) is 18.3. The average molecular weight is 526 g/mol. The molecule has 35 heavy (non-hydrogen) atoms. The minimum absolute atomic E-state index is 0.164. The van der Waals surface area contributed by atoms with Crippen LogP contribution in [0.5, 0.6) is 0 Å². The van der Waals surface area contributed by atoms with E-state index in [0.717, 1.165) is 5.56 Å². The molecule has 0 bridgehead atoms. The van der Waals surface area contributed by atoms with Crippen molar-refractivity contribution in [3.05, 3.63) is 30.1 Å². The van der Waals surface area contributed by atoms with Crippen molar-refractivity contribution in [2.75, 3.05) is 6.61 Å². The summed E-state index contributed by atoms with van der Waals surface area (Å²) >= 11 is 0. The lowest BCUT2D eigenvalue weighted by Crippen LogP contribution is -2.49. The topological polar surface area (TPSA) is 114 Å². The number of hydrogen-bond donors (Lipinski definition) is 0. The summed E-state index contributed by atoms with van der Waals surface area (Å²) in [6.07, 6.45) is -0.0490. The molecule has 0 aromatic carbocycles. The molecule has 4 atom stereocenters. The third kappa shape index (κ3) is 9.18. The summed E-state index contributed by atoms with van der Waals surface area (Å²) in [5.74, 6) is -1.08. The summed E-state index contributed by atoms with van der Waals surface area (Å²) in [6, 6.07) is 3.71. The summed E-state index contributed by atoms with van der Waals surface area (Å²) in [6.45, 7) is 16.3. The lowest BCUT2D eigenvalue weighted by molar-refractivity contribution is -0.765. The van der Waals surface area contributed by atoms with Crippen molar-refractivity contribution in [3.8, 4) is 0 Å². The molecule has 194 valence electrons. The number of ether oxygens (including phenoxy) is 4. The summed E-state index contributed by atoms with van der Waals surface area (Å²) in [7, 11) is -3.85. The van der Waals surface area contributed by atoms with Gasteiger partial charge in [0.2, 0.25) is 14.4 Å². The number of nitrogens with zero attached hydrogens (tertiary/aromatic N) is 2. The van der Waals surface area contributed by atoms with Gasteiger partial charge in [-0.05, 0) is 45.3 Å². The Labute approximate surface area is 208 Å². The molecule has 0 aliphatic carbocycles. The minimum atomic E-state index is -1.97. The monoisotopic (exact) mass is 525 g/mol. The molecule has 1 aromatic rings. The van der Waals surface area contributed by atoms with Crippen molar-refractivity contribution in [3.63, 3.8) is 0 Å². The highest BCUT2D eigenvalue weighted by atomic mass is 28.4. The van der Waals surface area contributed by atoms with Gasteiger partial charge < -0.3 is 23.4 Å². The van der Waals surface area contributed by atoms with E-state index < -0.39 is 59.0 Å². The van der Waals surface area contributed by atoms with E-state index in [2.05, 4.69) is 39.3 Å². The Balaban J connectivity index is 2.52. The molecule has 2 rings (SSSR count). The normalized spacial score (nSPS) is 22.9. The zero-order valence-corrected chi connectivity index (χ0v) is 24.0. The number of carbonyl (C=O) groups excluding carboxylic acids is 3. The maximum atomic E-state index is 11.9. The van der Waals surface area contributed by atoms with E-state index in [1.54, 1.807) is 17.0 Å². The molecular weight excluding hydrogens is 488 g/mol. The molecule has 0 spiro atoms. The number of hydrogen-bond acceptors (Lipinski definition) is 9. The molecule has 0 radical (unpaired) electrons. The van der Waals surface area contributed by atoms with Crippen LogP contribution in [-0.4, -0.2) is 65.3 Å². The van der Waals surface area contributed by atoms with Gasteiger partial charge in [0, 0.05) is 26.8 Å². The highest BCUT2D eigenvalue weighted by molar-refractivity contribution is 6.76. The standard InChI is InChI=1S/C23H37N2O8Si2/c1-15(26)29-14-19-20(30-16(2)27)21(31-17(3)28)23(32-19)25-12-10-11-18(13-25)22(24-34(4,5)6)33-35(7,8)9/h10-13,19-21,23H,14H2,1-9H3/q+1/t19-,20?,21?,23-/m1/s1. The minimum Gasteiger partial charge on any atom is -0.532 e. The number of aromatic nitrogens is 1. The van der Waals surface area contributed by atoms with E-state index in [-0.39, 0.29) is 6.61 Å². The second-order valence-corrected chi connectivity index (χ2v) is 19.4. The molecule has 1 saturated heterocycles. The maximum absolute atomic E-state index is 11.9. The second-order valence-electron chi connectivity index (χ2n) is 10.4. The molecule has 1 aliphatic heterocycles. The van der Waals surface area contributed by atoms with E-state index in [0.29, 0.717) is 5.90 Å². The Morgan fingerprint density at radius 3 is 2.09 bits per heavy atom. The molecule has 1 fully saturated rings. The van der Waals surface area contributed by atoms with E-state index in [1.165, 1.54) is 20.8 Å². The second kappa shape index (κ2) is 11.4. The third-order valence-electron chi connectivity index (χ3n) is 4.54. The van der Waals surface area contributed by atoms with E-state index in [9.17, 15) is 14.4 Å². The van der Waals surface area contributed by atoms with Gasteiger partial charge in [-0.1, -0.05) is 0 Å². The van der Waals surface area contributed by atoms with Crippen molar-refractivity contribution in [2.24, 2.45) is 4.66 Å². The fraction of sp³-hybridized carbons (Fsp3) is 0.609.